The molecule has 0 aromatic heterocycles. The SMILES string of the molecule is Cc1ccc(C(=O)c2ccc(C(=O)O)cc2)c(C)c1. The Morgan fingerprint density at radius 2 is 1.47 bits per heavy atom. The van der Waals surface area contributed by atoms with Gasteiger partial charge in [0.15, 0.2) is 5.78 Å². The Bertz CT molecular complexity index is 640. The molecule has 0 atom stereocenters. The molecule has 3 heteroatoms. The molecule has 0 aliphatic heterocycles. The van der Waals surface area contributed by atoms with E-state index in [4.69, 9.17) is 5.11 Å². The molecule has 0 radical (unpaired) electrons. The molecular weight excluding hydrogens is 240 g/mol. The van der Waals surface area contributed by atoms with Gasteiger partial charge in [0.1, 0.15) is 0 Å². The van der Waals surface area contributed by atoms with E-state index in [1.807, 2.05) is 26.0 Å². The van der Waals surface area contributed by atoms with Crippen LogP contribution in [0.2, 0.25) is 0 Å². The van der Waals surface area contributed by atoms with Crippen molar-refractivity contribution >= 4 is 11.8 Å². The van der Waals surface area contributed by atoms with Crippen molar-refractivity contribution < 1.29 is 14.7 Å². The van der Waals surface area contributed by atoms with E-state index in [9.17, 15) is 9.59 Å². The highest BCUT2D eigenvalue weighted by Gasteiger charge is 2.12. The Balaban J connectivity index is 2.36. The number of rotatable bonds is 3. The maximum Gasteiger partial charge on any atom is 0.335 e. The second-order valence-electron chi connectivity index (χ2n) is 4.53. The molecule has 0 bridgehead atoms. The molecule has 96 valence electrons. The van der Waals surface area contributed by atoms with Crippen LogP contribution in [0.15, 0.2) is 42.5 Å². The summed E-state index contributed by atoms with van der Waals surface area (Å²) >= 11 is 0. The van der Waals surface area contributed by atoms with Gasteiger partial charge in [-0.05, 0) is 31.5 Å². The molecule has 0 amide bonds. The zero-order chi connectivity index (χ0) is 14.0. The lowest BCUT2D eigenvalue weighted by molar-refractivity contribution is 0.0696. The molecule has 0 aliphatic rings. The van der Waals surface area contributed by atoms with Crippen LogP contribution in [0.5, 0.6) is 0 Å². The number of benzene rings is 2. The lowest BCUT2D eigenvalue weighted by Crippen LogP contribution is -2.05. The minimum atomic E-state index is -0.995. The molecule has 2 aromatic rings. The van der Waals surface area contributed by atoms with Crippen molar-refractivity contribution in [1.82, 2.24) is 0 Å². The van der Waals surface area contributed by atoms with Gasteiger partial charge in [-0.2, -0.15) is 0 Å². The van der Waals surface area contributed by atoms with E-state index in [1.54, 1.807) is 18.2 Å². The summed E-state index contributed by atoms with van der Waals surface area (Å²) in [4.78, 5) is 23.1. The fourth-order valence-electron chi connectivity index (χ4n) is 1.99. The standard InChI is InChI=1S/C16H14O3/c1-10-3-8-14(11(2)9-10)15(17)12-4-6-13(7-5-12)16(18)19/h3-9H,1-2H3,(H,18,19). The Morgan fingerprint density at radius 1 is 0.895 bits per heavy atom. The third-order valence-electron chi connectivity index (χ3n) is 3.02. The van der Waals surface area contributed by atoms with Gasteiger partial charge in [-0.25, -0.2) is 4.79 Å². The van der Waals surface area contributed by atoms with Crippen LogP contribution in [0, 0.1) is 13.8 Å². The molecule has 3 nitrogen and oxygen atoms in total. The van der Waals surface area contributed by atoms with E-state index in [0.29, 0.717) is 11.1 Å². The highest BCUT2D eigenvalue weighted by atomic mass is 16.4. The average molecular weight is 254 g/mol. The van der Waals surface area contributed by atoms with Crippen LogP contribution in [-0.4, -0.2) is 16.9 Å². The van der Waals surface area contributed by atoms with Crippen molar-refractivity contribution in [3.05, 3.63) is 70.3 Å². The number of hydrogen-bond donors (Lipinski definition) is 1. The summed E-state index contributed by atoms with van der Waals surface area (Å²) in [6.45, 7) is 3.87. The summed E-state index contributed by atoms with van der Waals surface area (Å²) in [5, 5.41) is 8.82. The largest absolute Gasteiger partial charge is 0.478 e. The van der Waals surface area contributed by atoms with E-state index < -0.39 is 5.97 Å². The summed E-state index contributed by atoms with van der Waals surface area (Å²) in [5.74, 6) is -1.08. The van der Waals surface area contributed by atoms with Crippen LogP contribution < -0.4 is 0 Å². The molecule has 0 heterocycles. The number of carbonyl (C=O) groups excluding carboxylic acids is 1. The number of carbonyl (C=O) groups is 2. The van der Waals surface area contributed by atoms with E-state index in [0.717, 1.165) is 11.1 Å². The van der Waals surface area contributed by atoms with Crippen LogP contribution in [0.4, 0.5) is 0 Å². The Hall–Kier alpha value is -2.42. The van der Waals surface area contributed by atoms with Gasteiger partial charge < -0.3 is 5.11 Å². The van der Waals surface area contributed by atoms with E-state index in [2.05, 4.69) is 0 Å². The number of carboxylic acids is 1. The molecule has 0 saturated carbocycles. The van der Waals surface area contributed by atoms with Crippen molar-refractivity contribution in [3.63, 3.8) is 0 Å². The van der Waals surface area contributed by atoms with E-state index >= 15 is 0 Å². The number of ketones is 1. The molecule has 2 rings (SSSR count). The minimum absolute atomic E-state index is 0.0885. The fourth-order valence-corrected chi connectivity index (χ4v) is 1.99. The van der Waals surface area contributed by atoms with Gasteiger partial charge in [-0.1, -0.05) is 35.9 Å². The summed E-state index contributed by atoms with van der Waals surface area (Å²) < 4.78 is 0. The van der Waals surface area contributed by atoms with E-state index in [1.165, 1.54) is 12.1 Å². The molecule has 0 unspecified atom stereocenters. The second kappa shape index (κ2) is 5.06. The van der Waals surface area contributed by atoms with Crippen LogP contribution >= 0.6 is 0 Å². The average Bonchev–Trinajstić information content (AvgIpc) is 2.38. The summed E-state index contributed by atoms with van der Waals surface area (Å²) in [5.41, 5.74) is 3.35. The van der Waals surface area contributed by atoms with Gasteiger partial charge in [-0.15, -0.1) is 0 Å². The Kier molecular flexibility index (Phi) is 3.47. The van der Waals surface area contributed by atoms with Crippen molar-refractivity contribution in [1.29, 1.82) is 0 Å². The van der Waals surface area contributed by atoms with Gasteiger partial charge in [0.2, 0.25) is 0 Å². The van der Waals surface area contributed by atoms with E-state index in [-0.39, 0.29) is 11.3 Å². The van der Waals surface area contributed by atoms with Gasteiger partial charge in [0.25, 0.3) is 0 Å². The first-order chi connectivity index (χ1) is 8.99. The molecular formula is C16H14O3. The first kappa shape index (κ1) is 13.0. The maximum absolute atomic E-state index is 12.3. The third kappa shape index (κ3) is 2.71. The predicted octanol–water partition coefficient (Wildman–Crippen LogP) is 3.23. The van der Waals surface area contributed by atoms with Gasteiger partial charge in [0, 0.05) is 11.1 Å². The highest BCUT2D eigenvalue weighted by molar-refractivity contribution is 6.10. The molecule has 0 fully saturated rings. The Morgan fingerprint density at radius 3 is 2.00 bits per heavy atom. The lowest BCUT2D eigenvalue weighted by atomic mass is 9.97. The molecule has 2 aromatic carbocycles. The molecule has 1 N–H and O–H groups in total. The smallest absolute Gasteiger partial charge is 0.335 e. The van der Waals surface area contributed by atoms with Crippen LogP contribution in [0.25, 0.3) is 0 Å². The number of hydrogen-bond acceptors (Lipinski definition) is 2. The molecule has 0 spiro atoms. The summed E-state index contributed by atoms with van der Waals surface area (Å²) in [6, 6.07) is 11.6. The van der Waals surface area contributed by atoms with Crippen LogP contribution in [0.3, 0.4) is 0 Å². The minimum Gasteiger partial charge on any atom is -0.478 e. The first-order valence-electron chi connectivity index (χ1n) is 5.94. The lowest BCUT2D eigenvalue weighted by Gasteiger charge is -2.06. The predicted molar refractivity (Wildman–Crippen MR) is 72.7 cm³/mol. The normalized spacial score (nSPS) is 10.2. The summed E-state index contributed by atoms with van der Waals surface area (Å²) in [7, 11) is 0. The van der Waals surface area contributed by atoms with Gasteiger partial charge >= 0.3 is 5.97 Å². The number of aromatic carboxylic acids is 1. The number of aryl methyl sites for hydroxylation is 2. The van der Waals surface area contributed by atoms with Crippen LogP contribution in [-0.2, 0) is 0 Å². The Labute approximate surface area is 111 Å². The van der Waals surface area contributed by atoms with Crippen LogP contribution in [0.1, 0.15) is 37.4 Å². The quantitative estimate of drug-likeness (QED) is 0.855. The van der Waals surface area contributed by atoms with Crippen molar-refractivity contribution in [2.45, 2.75) is 13.8 Å². The zero-order valence-electron chi connectivity index (χ0n) is 10.8. The maximum atomic E-state index is 12.3. The molecule has 0 aliphatic carbocycles. The zero-order valence-corrected chi connectivity index (χ0v) is 10.8. The van der Waals surface area contributed by atoms with Gasteiger partial charge in [-0.3, -0.25) is 4.79 Å². The third-order valence-corrected chi connectivity index (χ3v) is 3.02. The summed E-state index contributed by atoms with van der Waals surface area (Å²) in [6.07, 6.45) is 0. The number of carboxylic acid groups (broad SMARTS) is 1. The fraction of sp³-hybridized carbons (Fsp3) is 0.125. The van der Waals surface area contributed by atoms with Crippen molar-refractivity contribution in [3.8, 4) is 0 Å². The topological polar surface area (TPSA) is 54.4 Å². The second-order valence-corrected chi connectivity index (χ2v) is 4.53. The molecule has 19 heavy (non-hydrogen) atoms. The first-order valence-corrected chi connectivity index (χ1v) is 5.94. The van der Waals surface area contributed by atoms with Gasteiger partial charge in [0.05, 0.1) is 5.56 Å². The van der Waals surface area contributed by atoms with Crippen molar-refractivity contribution in [2.24, 2.45) is 0 Å². The monoisotopic (exact) mass is 254 g/mol. The van der Waals surface area contributed by atoms with Crippen molar-refractivity contribution in [2.75, 3.05) is 0 Å². The molecule has 0 saturated heterocycles. The highest BCUT2D eigenvalue weighted by Crippen LogP contribution is 2.16.